The van der Waals surface area contributed by atoms with Crippen LogP contribution in [0.25, 0.3) is 0 Å². The van der Waals surface area contributed by atoms with E-state index in [1.54, 1.807) is 6.92 Å². The van der Waals surface area contributed by atoms with Crippen LogP contribution in [0.2, 0.25) is 0 Å². The van der Waals surface area contributed by atoms with Crippen LogP contribution < -0.4 is 10.6 Å². The lowest BCUT2D eigenvalue weighted by Crippen LogP contribution is -2.48. The Balaban J connectivity index is 1.92. The Bertz CT molecular complexity index is 634. The van der Waals surface area contributed by atoms with Crippen molar-refractivity contribution in [2.45, 2.75) is 38.6 Å². The summed E-state index contributed by atoms with van der Waals surface area (Å²) in [6, 6.07) is 3.14. The summed E-state index contributed by atoms with van der Waals surface area (Å²) in [5, 5.41) is 7.67. The van der Waals surface area contributed by atoms with Gasteiger partial charge in [-0.05, 0) is 44.3 Å². The van der Waals surface area contributed by atoms with Gasteiger partial charge < -0.3 is 15.4 Å². The fourth-order valence-corrected chi connectivity index (χ4v) is 4.16. The van der Waals surface area contributed by atoms with Gasteiger partial charge in [-0.15, -0.1) is 11.3 Å². The summed E-state index contributed by atoms with van der Waals surface area (Å²) in [7, 11) is 0. The zero-order valence-electron chi connectivity index (χ0n) is 14.5. The third kappa shape index (κ3) is 4.41. The molecule has 3 rings (SSSR count). The summed E-state index contributed by atoms with van der Waals surface area (Å²) < 4.78 is 5.29. The minimum atomic E-state index is -0.449. The van der Waals surface area contributed by atoms with Crippen molar-refractivity contribution in [2.24, 2.45) is 0 Å². The molecule has 0 aromatic carbocycles. The molecule has 136 valence electrons. The number of thiophene rings is 1. The second-order valence-corrected chi connectivity index (χ2v) is 7.33. The summed E-state index contributed by atoms with van der Waals surface area (Å²) >= 11 is 1.52. The zero-order chi connectivity index (χ0) is 17.6. The highest BCUT2D eigenvalue weighted by atomic mass is 32.1. The molecular weight excluding hydrogens is 338 g/mol. The Hall–Kier alpha value is -1.86. The molecule has 6 nitrogen and oxygen atoms in total. The summed E-state index contributed by atoms with van der Waals surface area (Å²) in [5.74, 6) is -0.363. The summed E-state index contributed by atoms with van der Waals surface area (Å²) in [6.07, 6.45) is 4.79. The summed E-state index contributed by atoms with van der Waals surface area (Å²) in [6.45, 7) is 4.66. The van der Waals surface area contributed by atoms with E-state index in [-0.39, 0.29) is 12.0 Å². The largest absolute Gasteiger partial charge is 0.463 e. The van der Waals surface area contributed by atoms with Crippen LogP contribution >= 0.6 is 11.3 Å². The van der Waals surface area contributed by atoms with Gasteiger partial charge in [0.25, 0.3) is 0 Å². The Kier molecular flexibility index (Phi) is 6.09. The Morgan fingerprint density at radius 1 is 1.32 bits per heavy atom. The maximum absolute atomic E-state index is 12.6. The molecule has 25 heavy (non-hydrogen) atoms. The number of likely N-dealkylation sites (tertiary alicyclic amines) is 1. The van der Waals surface area contributed by atoms with Crippen LogP contribution in [-0.4, -0.2) is 43.1 Å². The van der Waals surface area contributed by atoms with Crippen molar-refractivity contribution in [1.29, 1.82) is 0 Å². The molecule has 3 heterocycles. The summed E-state index contributed by atoms with van der Waals surface area (Å²) in [4.78, 5) is 28.1. The second-order valence-electron chi connectivity index (χ2n) is 6.35. The molecule has 2 amide bonds. The maximum atomic E-state index is 12.6. The Morgan fingerprint density at radius 2 is 2.08 bits per heavy atom. The van der Waals surface area contributed by atoms with E-state index in [9.17, 15) is 9.59 Å². The predicted molar refractivity (Wildman–Crippen MR) is 97.3 cm³/mol. The average molecular weight is 363 g/mol. The second kappa shape index (κ2) is 8.49. The number of hydrogen-bond acceptors (Lipinski definition) is 5. The van der Waals surface area contributed by atoms with E-state index in [4.69, 9.17) is 4.74 Å². The number of nitrogens with one attached hydrogen (secondary N) is 2. The Morgan fingerprint density at radius 3 is 2.72 bits per heavy atom. The SMILES string of the molecule is CCOC(=O)C1=C(CN2CCCCCC2)NC(=O)N[C@@H]1c1cccs1. The normalized spacial score (nSPS) is 22.1. The number of esters is 1. The minimum Gasteiger partial charge on any atom is -0.463 e. The Labute approximate surface area is 152 Å². The first kappa shape index (κ1) is 17.9. The monoisotopic (exact) mass is 363 g/mol. The van der Waals surface area contributed by atoms with Crippen molar-refractivity contribution < 1.29 is 14.3 Å². The molecule has 1 aromatic rings. The molecule has 2 aliphatic heterocycles. The van der Waals surface area contributed by atoms with Gasteiger partial charge in [-0.2, -0.15) is 0 Å². The smallest absolute Gasteiger partial charge is 0.338 e. The number of nitrogens with zero attached hydrogens (tertiary/aromatic N) is 1. The van der Waals surface area contributed by atoms with Crippen LogP contribution in [0, 0.1) is 0 Å². The highest BCUT2D eigenvalue weighted by Gasteiger charge is 2.34. The van der Waals surface area contributed by atoms with Crippen LogP contribution in [0.5, 0.6) is 0 Å². The predicted octanol–water partition coefficient (Wildman–Crippen LogP) is 2.80. The lowest BCUT2D eigenvalue weighted by molar-refractivity contribution is -0.139. The quantitative estimate of drug-likeness (QED) is 0.789. The topological polar surface area (TPSA) is 70.7 Å². The van der Waals surface area contributed by atoms with Crippen LogP contribution in [0.4, 0.5) is 4.79 Å². The van der Waals surface area contributed by atoms with E-state index in [1.165, 1.54) is 24.2 Å². The summed E-state index contributed by atoms with van der Waals surface area (Å²) in [5.41, 5.74) is 1.19. The highest BCUT2D eigenvalue weighted by Crippen LogP contribution is 2.31. The number of carbonyl (C=O) groups excluding carboxylic acids is 2. The first-order valence-electron chi connectivity index (χ1n) is 8.92. The molecule has 0 radical (unpaired) electrons. The lowest BCUT2D eigenvalue weighted by Gasteiger charge is -2.31. The van der Waals surface area contributed by atoms with Gasteiger partial charge in [0.05, 0.1) is 18.2 Å². The number of ether oxygens (including phenoxy) is 1. The van der Waals surface area contributed by atoms with Gasteiger partial charge in [0.1, 0.15) is 0 Å². The molecule has 0 saturated carbocycles. The van der Waals surface area contributed by atoms with Crippen molar-refractivity contribution in [3.05, 3.63) is 33.7 Å². The van der Waals surface area contributed by atoms with Gasteiger partial charge in [0.15, 0.2) is 0 Å². The van der Waals surface area contributed by atoms with E-state index >= 15 is 0 Å². The molecule has 2 N–H and O–H groups in total. The van der Waals surface area contributed by atoms with E-state index in [0.717, 1.165) is 30.8 Å². The minimum absolute atomic E-state index is 0.267. The van der Waals surface area contributed by atoms with Gasteiger partial charge in [0, 0.05) is 17.1 Å². The number of urea groups is 1. The van der Waals surface area contributed by atoms with E-state index < -0.39 is 6.04 Å². The number of amides is 2. The third-order valence-electron chi connectivity index (χ3n) is 4.56. The molecule has 0 spiro atoms. The number of hydrogen-bond donors (Lipinski definition) is 2. The molecule has 1 atom stereocenters. The van der Waals surface area contributed by atoms with Gasteiger partial charge in [-0.3, -0.25) is 4.90 Å². The number of carbonyl (C=O) groups is 2. The van der Waals surface area contributed by atoms with Gasteiger partial charge >= 0.3 is 12.0 Å². The molecule has 0 bridgehead atoms. The molecule has 0 aliphatic carbocycles. The third-order valence-corrected chi connectivity index (χ3v) is 5.49. The van der Waals surface area contributed by atoms with Crippen molar-refractivity contribution in [1.82, 2.24) is 15.5 Å². The van der Waals surface area contributed by atoms with Crippen molar-refractivity contribution in [2.75, 3.05) is 26.2 Å². The first-order chi connectivity index (χ1) is 12.2. The standard InChI is InChI=1S/C18H25N3O3S/c1-2-24-17(22)15-13(12-21-9-5-3-4-6-10-21)19-18(23)20-16(15)14-8-7-11-25-14/h7-8,11,16H,2-6,9-10,12H2,1H3,(H2,19,20,23)/t16-/m1/s1. The van der Waals surface area contributed by atoms with E-state index in [2.05, 4.69) is 15.5 Å². The molecule has 0 unspecified atom stereocenters. The van der Waals surface area contributed by atoms with Crippen molar-refractivity contribution in [3.63, 3.8) is 0 Å². The fraction of sp³-hybridized carbons (Fsp3) is 0.556. The maximum Gasteiger partial charge on any atom is 0.338 e. The highest BCUT2D eigenvalue weighted by molar-refractivity contribution is 7.10. The van der Waals surface area contributed by atoms with Gasteiger partial charge in [-0.1, -0.05) is 18.9 Å². The molecule has 1 fully saturated rings. The molecule has 1 aromatic heterocycles. The first-order valence-corrected chi connectivity index (χ1v) is 9.80. The molecule has 2 aliphatic rings. The molecule has 1 saturated heterocycles. The van der Waals surface area contributed by atoms with E-state index in [1.807, 2.05) is 17.5 Å². The molecule has 7 heteroatoms. The van der Waals surface area contributed by atoms with Gasteiger partial charge in [0.2, 0.25) is 0 Å². The van der Waals surface area contributed by atoms with E-state index in [0.29, 0.717) is 24.4 Å². The van der Waals surface area contributed by atoms with Crippen LogP contribution in [-0.2, 0) is 9.53 Å². The lowest BCUT2D eigenvalue weighted by atomic mass is 10.0. The van der Waals surface area contributed by atoms with Crippen LogP contribution in [0.1, 0.15) is 43.5 Å². The van der Waals surface area contributed by atoms with Gasteiger partial charge in [-0.25, -0.2) is 9.59 Å². The molecular formula is C18H25N3O3S. The number of rotatable bonds is 5. The average Bonchev–Trinajstić information content (AvgIpc) is 3.00. The van der Waals surface area contributed by atoms with Crippen molar-refractivity contribution >= 4 is 23.3 Å². The van der Waals surface area contributed by atoms with Crippen molar-refractivity contribution in [3.8, 4) is 0 Å². The zero-order valence-corrected chi connectivity index (χ0v) is 15.4. The van der Waals surface area contributed by atoms with Crippen LogP contribution in [0.15, 0.2) is 28.8 Å². The fourth-order valence-electron chi connectivity index (χ4n) is 3.38. The van der Waals surface area contributed by atoms with Crippen LogP contribution in [0.3, 0.4) is 0 Å².